The van der Waals surface area contributed by atoms with Crippen LogP contribution in [0.2, 0.25) is 5.02 Å². The molecule has 28 heavy (non-hydrogen) atoms. The maximum absolute atomic E-state index is 12.7. The fraction of sp³-hybridized carbons (Fsp3) is 0.368. The molecule has 1 aliphatic rings. The first-order chi connectivity index (χ1) is 13.5. The number of halogens is 1. The van der Waals surface area contributed by atoms with Gasteiger partial charge in [-0.05, 0) is 30.4 Å². The summed E-state index contributed by atoms with van der Waals surface area (Å²) in [4.78, 5) is 44.8. The Morgan fingerprint density at radius 2 is 2.04 bits per heavy atom. The minimum atomic E-state index is -0.604. The largest absolute Gasteiger partial charge is 0.342 e. The van der Waals surface area contributed by atoms with Crippen molar-refractivity contribution in [1.82, 2.24) is 19.0 Å². The Morgan fingerprint density at radius 1 is 1.29 bits per heavy atom. The normalized spacial score (nSPS) is 15.3. The maximum Gasteiger partial charge on any atom is 0.318 e. The molecule has 0 saturated carbocycles. The summed E-state index contributed by atoms with van der Waals surface area (Å²) >= 11 is 7.60. The Bertz CT molecular complexity index is 1140. The lowest BCUT2D eigenvalue weighted by atomic mass is 10.0. The molecule has 0 N–H and O–H groups in total. The number of amides is 1. The summed E-state index contributed by atoms with van der Waals surface area (Å²) in [5.41, 5.74) is -0.228. The number of rotatable bonds is 3. The van der Waals surface area contributed by atoms with Crippen LogP contribution in [-0.2, 0) is 18.3 Å². The smallest absolute Gasteiger partial charge is 0.318 e. The average Bonchev–Trinajstić information content (AvgIpc) is 3.20. The fourth-order valence-corrected chi connectivity index (χ4v) is 4.54. The third-order valence-electron chi connectivity index (χ3n) is 5.20. The number of nitrogens with zero attached hydrogens (tertiary/aromatic N) is 4. The van der Waals surface area contributed by atoms with E-state index >= 15 is 0 Å². The van der Waals surface area contributed by atoms with Gasteiger partial charge in [0, 0.05) is 37.3 Å². The molecule has 0 aliphatic carbocycles. The van der Waals surface area contributed by atoms with E-state index in [1.807, 2.05) is 22.4 Å². The molecule has 3 aromatic rings. The number of carbonyl (C=O) groups excluding carboxylic acids is 1. The summed E-state index contributed by atoms with van der Waals surface area (Å²) in [6, 6.07) is 5.35. The van der Waals surface area contributed by atoms with E-state index in [1.165, 1.54) is 15.3 Å². The summed E-state index contributed by atoms with van der Waals surface area (Å²) < 4.78 is 2.77. The molecule has 0 spiro atoms. The summed E-state index contributed by atoms with van der Waals surface area (Å²) in [6.45, 7) is 1.09. The van der Waals surface area contributed by atoms with Crippen LogP contribution in [0.4, 0.5) is 0 Å². The second kappa shape index (κ2) is 7.52. The summed E-state index contributed by atoms with van der Waals surface area (Å²) in [5.74, 6) is 0.0898. The minimum Gasteiger partial charge on any atom is -0.342 e. The number of piperidine rings is 1. The molecular weight excluding hydrogens is 400 g/mol. The molecule has 1 saturated heterocycles. The fourth-order valence-electron chi connectivity index (χ4n) is 3.69. The molecule has 1 aliphatic heterocycles. The lowest BCUT2D eigenvalue weighted by Gasteiger charge is -2.33. The van der Waals surface area contributed by atoms with E-state index in [0.29, 0.717) is 48.5 Å². The topological polar surface area (TPSA) is 77.2 Å². The standard InChI is InChI=1S/C19H19ClN4O3S/c1-22-15-9-12(20)11-21-17(15)24(19(27)18(22)26)13-4-6-23(7-5-13)16(25)10-14-3-2-8-28-14/h2-3,8-9,11,13H,4-7,10H2,1H3. The highest BCUT2D eigenvalue weighted by molar-refractivity contribution is 7.10. The average molecular weight is 419 g/mol. The number of thiophene rings is 1. The quantitative estimate of drug-likeness (QED) is 0.611. The van der Waals surface area contributed by atoms with Crippen LogP contribution in [-0.4, -0.2) is 38.0 Å². The molecule has 4 heterocycles. The van der Waals surface area contributed by atoms with Gasteiger partial charge in [-0.2, -0.15) is 0 Å². The molecule has 0 bridgehead atoms. The van der Waals surface area contributed by atoms with Gasteiger partial charge in [-0.15, -0.1) is 11.3 Å². The molecule has 1 amide bonds. The van der Waals surface area contributed by atoms with Gasteiger partial charge in [-0.3, -0.25) is 19.0 Å². The molecule has 146 valence electrons. The third kappa shape index (κ3) is 3.38. The number of aryl methyl sites for hydroxylation is 1. The van der Waals surface area contributed by atoms with Crippen molar-refractivity contribution < 1.29 is 4.79 Å². The number of hydrogen-bond acceptors (Lipinski definition) is 5. The summed E-state index contributed by atoms with van der Waals surface area (Å²) in [5, 5.41) is 2.36. The van der Waals surface area contributed by atoms with Gasteiger partial charge in [0.15, 0.2) is 5.65 Å². The first kappa shape index (κ1) is 18.9. The first-order valence-corrected chi connectivity index (χ1v) is 10.3. The molecule has 0 aromatic carbocycles. The van der Waals surface area contributed by atoms with Crippen LogP contribution in [0, 0.1) is 0 Å². The third-order valence-corrected chi connectivity index (χ3v) is 6.28. The van der Waals surface area contributed by atoms with E-state index in [9.17, 15) is 14.4 Å². The van der Waals surface area contributed by atoms with Crippen molar-refractivity contribution >= 4 is 40.0 Å². The van der Waals surface area contributed by atoms with Gasteiger partial charge in [0.1, 0.15) is 0 Å². The van der Waals surface area contributed by atoms with Crippen LogP contribution in [0.1, 0.15) is 23.8 Å². The van der Waals surface area contributed by atoms with Crippen molar-refractivity contribution in [3.63, 3.8) is 0 Å². The zero-order chi connectivity index (χ0) is 19.8. The zero-order valence-corrected chi connectivity index (χ0v) is 16.9. The Morgan fingerprint density at radius 3 is 2.71 bits per heavy atom. The molecule has 0 unspecified atom stereocenters. The van der Waals surface area contributed by atoms with E-state index in [0.717, 1.165) is 4.88 Å². The molecule has 3 aromatic heterocycles. The van der Waals surface area contributed by atoms with Gasteiger partial charge >= 0.3 is 11.1 Å². The monoisotopic (exact) mass is 418 g/mol. The van der Waals surface area contributed by atoms with E-state index in [2.05, 4.69) is 4.98 Å². The van der Waals surface area contributed by atoms with E-state index in [-0.39, 0.29) is 11.9 Å². The van der Waals surface area contributed by atoms with Crippen molar-refractivity contribution in [2.45, 2.75) is 25.3 Å². The van der Waals surface area contributed by atoms with Crippen LogP contribution >= 0.6 is 22.9 Å². The van der Waals surface area contributed by atoms with Crippen molar-refractivity contribution in [3.8, 4) is 0 Å². The molecule has 0 radical (unpaired) electrons. The number of pyridine rings is 1. The van der Waals surface area contributed by atoms with Crippen molar-refractivity contribution in [2.75, 3.05) is 13.1 Å². The minimum absolute atomic E-state index is 0.0898. The lowest BCUT2D eigenvalue weighted by Crippen LogP contribution is -2.46. The molecule has 0 atom stereocenters. The van der Waals surface area contributed by atoms with Crippen LogP contribution in [0.3, 0.4) is 0 Å². The SMILES string of the molecule is Cn1c(=O)c(=O)n(C2CCN(C(=O)Cc3cccs3)CC2)c2ncc(Cl)cc21. The molecule has 9 heteroatoms. The highest BCUT2D eigenvalue weighted by atomic mass is 35.5. The van der Waals surface area contributed by atoms with Gasteiger partial charge in [0.2, 0.25) is 5.91 Å². The predicted octanol–water partition coefficient (Wildman–Crippen LogP) is 2.22. The summed E-state index contributed by atoms with van der Waals surface area (Å²) in [6.07, 6.45) is 3.08. The molecule has 1 fully saturated rings. The second-order valence-corrected chi connectivity index (χ2v) is 8.37. The highest BCUT2D eigenvalue weighted by Crippen LogP contribution is 2.25. The van der Waals surface area contributed by atoms with E-state index in [4.69, 9.17) is 11.6 Å². The van der Waals surface area contributed by atoms with Gasteiger partial charge in [-0.1, -0.05) is 17.7 Å². The molecule has 4 rings (SSSR count). The summed E-state index contributed by atoms with van der Waals surface area (Å²) in [7, 11) is 1.54. The zero-order valence-electron chi connectivity index (χ0n) is 15.3. The Balaban J connectivity index is 1.60. The van der Waals surface area contributed by atoms with E-state index < -0.39 is 11.1 Å². The van der Waals surface area contributed by atoms with Crippen LogP contribution in [0.15, 0.2) is 39.4 Å². The van der Waals surface area contributed by atoms with Gasteiger partial charge in [0.05, 0.1) is 17.0 Å². The first-order valence-electron chi connectivity index (χ1n) is 9.02. The van der Waals surface area contributed by atoms with Crippen molar-refractivity contribution in [1.29, 1.82) is 0 Å². The molecular formula is C19H19ClN4O3S. The number of likely N-dealkylation sites (tertiary alicyclic amines) is 1. The Hall–Kier alpha value is -2.45. The maximum atomic E-state index is 12.7. The Labute approximate surface area is 169 Å². The van der Waals surface area contributed by atoms with Crippen LogP contribution in [0.5, 0.6) is 0 Å². The van der Waals surface area contributed by atoms with Crippen molar-refractivity contribution in [3.05, 3.63) is 60.4 Å². The lowest BCUT2D eigenvalue weighted by molar-refractivity contribution is -0.131. The van der Waals surface area contributed by atoms with Crippen molar-refractivity contribution in [2.24, 2.45) is 7.05 Å². The van der Waals surface area contributed by atoms with Gasteiger partial charge in [0.25, 0.3) is 0 Å². The number of carbonyl (C=O) groups is 1. The van der Waals surface area contributed by atoms with Gasteiger partial charge < -0.3 is 9.47 Å². The predicted molar refractivity (Wildman–Crippen MR) is 109 cm³/mol. The second-order valence-electron chi connectivity index (χ2n) is 6.90. The number of fused-ring (bicyclic) bond motifs is 1. The number of aromatic nitrogens is 3. The number of hydrogen-bond donors (Lipinski definition) is 0. The van der Waals surface area contributed by atoms with Crippen LogP contribution < -0.4 is 11.1 Å². The Kier molecular flexibility index (Phi) is 5.07. The van der Waals surface area contributed by atoms with Crippen LogP contribution in [0.25, 0.3) is 11.2 Å². The van der Waals surface area contributed by atoms with Gasteiger partial charge in [-0.25, -0.2) is 4.98 Å². The highest BCUT2D eigenvalue weighted by Gasteiger charge is 2.27. The molecule has 7 nitrogen and oxygen atoms in total. The van der Waals surface area contributed by atoms with E-state index in [1.54, 1.807) is 24.5 Å².